The number of nitrogens with zero attached hydrogens (tertiary/aromatic N) is 4. The summed E-state index contributed by atoms with van der Waals surface area (Å²) in [5.41, 5.74) is 3.54. The zero-order chi connectivity index (χ0) is 15.8. The van der Waals surface area contributed by atoms with Gasteiger partial charge in [-0.3, -0.25) is 5.43 Å². The van der Waals surface area contributed by atoms with Crippen LogP contribution < -0.4 is 10.2 Å². The smallest absolute Gasteiger partial charge is 0.237 e. The highest BCUT2D eigenvalue weighted by molar-refractivity contribution is 6.10. The molecule has 0 saturated carbocycles. The lowest BCUT2D eigenvalue weighted by Crippen LogP contribution is -1.96. The fraction of sp³-hybridized carbons (Fsp3) is 0. The number of hydrogen-bond acceptors (Lipinski definition) is 6. The normalized spacial score (nSPS) is 8.77. The van der Waals surface area contributed by atoms with E-state index in [0.717, 1.165) is 0 Å². The largest absolute Gasteiger partial charge is 0.457 e. The Morgan fingerprint density at radius 3 is 1.91 bits per heavy atom. The molecule has 0 bridgehead atoms. The summed E-state index contributed by atoms with van der Waals surface area (Å²) in [5.74, 6) is 1.23. The molecule has 0 atom stereocenters. The highest BCUT2D eigenvalue weighted by Gasteiger charge is 1.99. The van der Waals surface area contributed by atoms with Crippen molar-refractivity contribution in [3.8, 4) is 29.7 Å². The molecule has 0 aliphatic rings. The summed E-state index contributed by atoms with van der Waals surface area (Å²) < 4.78 is 5.62. The van der Waals surface area contributed by atoms with Crippen LogP contribution in [-0.4, -0.2) is 5.71 Å². The second-order valence-electron chi connectivity index (χ2n) is 4.06. The van der Waals surface area contributed by atoms with Gasteiger partial charge >= 0.3 is 0 Å². The van der Waals surface area contributed by atoms with Crippen molar-refractivity contribution in [3.05, 3.63) is 54.1 Å². The number of nitrogens with one attached hydrogen (secondary N) is 1. The van der Waals surface area contributed by atoms with Gasteiger partial charge in [-0.2, -0.15) is 20.9 Å². The van der Waals surface area contributed by atoms with Crippen molar-refractivity contribution in [2.24, 2.45) is 5.10 Å². The summed E-state index contributed by atoms with van der Waals surface area (Å²) in [6, 6.07) is 18.9. The van der Waals surface area contributed by atoms with Gasteiger partial charge in [0.2, 0.25) is 5.71 Å². The summed E-state index contributed by atoms with van der Waals surface area (Å²) in [5, 5.41) is 29.5. The molecule has 2 rings (SSSR count). The quantitative estimate of drug-likeness (QED) is 0.686. The number of ether oxygens (including phenoxy) is 1. The van der Waals surface area contributed by atoms with E-state index in [-0.39, 0.29) is 5.71 Å². The minimum absolute atomic E-state index is 0.252. The summed E-state index contributed by atoms with van der Waals surface area (Å²) in [6.07, 6.45) is 0. The molecule has 2 aromatic rings. The Labute approximate surface area is 127 Å². The Balaban J connectivity index is 2.03. The maximum atomic E-state index is 8.73. The molecule has 6 heteroatoms. The molecule has 6 nitrogen and oxygen atoms in total. The van der Waals surface area contributed by atoms with E-state index in [1.54, 1.807) is 60.7 Å². The van der Waals surface area contributed by atoms with Crippen molar-refractivity contribution in [3.63, 3.8) is 0 Å². The number of hydrazone groups is 1. The molecule has 0 aliphatic heterocycles. The van der Waals surface area contributed by atoms with Gasteiger partial charge in [0.05, 0.1) is 17.3 Å². The van der Waals surface area contributed by atoms with E-state index in [1.807, 2.05) is 6.07 Å². The molecule has 0 saturated heterocycles. The molecular weight excluding hydrogens is 278 g/mol. The van der Waals surface area contributed by atoms with E-state index in [0.29, 0.717) is 22.7 Å². The first-order valence-corrected chi connectivity index (χ1v) is 6.17. The first kappa shape index (κ1) is 14.6. The molecule has 104 valence electrons. The number of anilines is 1. The van der Waals surface area contributed by atoms with Gasteiger partial charge in [0.15, 0.2) is 0 Å². The van der Waals surface area contributed by atoms with Gasteiger partial charge in [-0.05, 0) is 48.5 Å². The van der Waals surface area contributed by atoms with Crippen LogP contribution in [0.25, 0.3) is 0 Å². The number of benzene rings is 2. The fourth-order valence-corrected chi connectivity index (χ4v) is 1.53. The van der Waals surface area contributed by atoms with Crippen molar-refractivity contribution in [1.82, 2.24) is 0 Å². The molecule has 0 fully saturated rings. The van der Waals surface area contributed by atoms with Gasteiger partial charge in [-0.25, -0.2) is 0 Å². The zero-order valence-electron chi connectivity index (χ0n) is 11.3. The summed E-state index contributed by atoms with van der Waals surface area (Å²) >= 11 is 0. The predicted molar refractivity (Wildman–Crippen MR) is 80.0 cm³/mol. The van der Waals surface area contributed by atoms with Crippen molar-refractivity contribution < 1.29 is 4.74 Å². The lowest BCUT2D eigenvalue weighted by atomic mass is 10.2. The monoisotopic (exact) mass is 287 g/mol. The second kappa shape index (κ2) is 7.09. The average Bonchev–Trinajstić information content (AvgIpc) is 2.58. The van der Waals surface area contributed by atoms with Crippen LogP contribution in [0.3, 0.4) is 0 Å². The van der Waals surface area contributed by atoms with Crippen molar-refractivity contribution in [2.75, 3.05) is 5.43 Å². The van der Waals surface area contributed by atoms with Crippen LogP contribution in [-0.2, 0) is 0 Å². The van der Waals surface area contributed by atoms with Gasteiger partial charge in [-0.15, -0.1) is 0 Å². The van der Waals surface area contributed by atoms with Crippen LogP contribution in [0, 0.1) is 34.0 Å². The molecule has 0 heterocycles. The summed E-state index contributed by atoms with van der Waals surface area (Å²) in [6.45, 7) is 0. The number of hydrogen-bond donors (Lipinski definition) is 1. The van der Waals surface area contributed by atoms with Crippen LogP contribution >= 0.6 is 0 Å². The van der Waals surface area contributed by atoms with Gasteiger partial charge in [-0.1, -0.05) is 0 Å². The fourth-order valence-electron chi connectivity index (χ4n) is 1.53. The van der Waals surface area contributed by atoms with Gasteiger partial charge < -0.3 is 4.74 Å². The van der Waals surface area contributed by atoms with Gasteiger partial charge in [0.1, 0.15) is 23.6 Å². The van der Waals surface area contributed by atoms with Gasteiger partial charge in [0.25, 0.3) is 0 Å². The predicted octanol–water partition coefficient (Wildman–Crippen LogP) is 3.17. The molecule has 0 radical (unpaired) electrons. The molecule has 22 heavy (non-hydrogen) atoms. The Morgan fingerprint density at radius 1 is 0.864 bits per heavy atom. The van der Waals surface area contributed by atoms with Crippen LogP contribution in [0.2, 0.25) is 0 Å². The Morgan fingerprint density at radius 2 is 1.41 bits per heavy atom. The number of rotatable bonds is 4. The Hall–Kier alpha value is -3.82. The molecule has 0 spiro atoms. The highest BCUT2D eigenvalue weighted by Crippen LogP contribution is 2.23. The standard InChI is InChI=1S/C16H9N5O/c17-9-12-1-5-15(6-2-12)22-16-7-3-13(4-8-16)20-21-14(10-18)11-19/h1-8,20H. The third-order valence-electron chi connectivity index (χ3n) is 2.58. The first-order valence-electron chi connectivity index (χ1n) is 6.17. The lowest BCUT2D eigenvalue weighted by Gasteiger charge is -2.06. The molecule has 0 amide bonds. The van der Waals surface area contributed by atoms with Crippen LogP contribution in [0.4, 0.5) is 5.69 Å². The lowest BCUT2D eigenvalue weighted by molar-refractivity contribution is 0.482. The van der Waals surface area contributed by atoms with E-state index in [1.165, 1.54) is 0 Å². The van der Waals surface area contributed by atoms with Crippen LogP contribution in [0.1, 0.15) is 5.56 Å². The topological polar surface area (TPSA) is 105 Å². The molecule has 0 unspecified atom stereocenters. The van der Waals surface area contributed by atoms with Gasteiger partial charge in [0, 0.05) is 0 Å². The van der Waals surface area contributed by atoms with E-state index >= 15 is 0 Å². The zero-order valence-corrected chi connectivity index (χ0v) is 11.3. The molecule has 2 aromatic carbocycles. The van der Waals surface area contributed by atoms with E-state index in [9.17, 15) is 0 Å². The highest BCUT2D eigenvalue weighted by atomic mass is 16.5. The maximum Gasteiger partial charge on any atom is 0.237 e. The third kappa shape index (κ3) is 3.84. The van der Waals surface area contributed by atoms with Crippen molar-refractivity contribution in [1.29, 1.82) is 15.8 Å². The van der Waals surface area contributed by atoms with E-state index in [2.05, 4.69) is 10.5 Å². The minimum Gasteiger partial charge on any atom is -0.457 e. The molecule has 0 aliphatic carbocycles. The SMILES string of the molecule is N#CC(C#N)=NNc1ccc(Oc2ccc(C#N)cc2)cc1. The van der Waals surface area contributed by atoms with E-state index in [4.69, 9.17) is 20.5 Å². The summed E-state index contributed by atoms with van der Waals surface area (Å²) in [4.78, 5) is 0. The van der Waals surface area contributed by atoms with Crippen molar-refractivity contribution >= 4 is 11.4 Å². The third-order valence-corrected chi connectivity index (χ3v) is 2.58. The molecular formula is C16H9N5O. The van der Waals surface area contributed by atoms with Crippen molar-refractivity contribution in [2.45, 2.75) is 0 Å². The Bertz CT molecular complexity index is 786. The maximum absolute atomic E-state index is 8.73. The number of nitriles is 3. The first-order chi connectivity index (χ1) is 10.7. The van der Waals surface area contributed by atoms with Crippen LogP contribution in [0.5, 0.6) is 11.5 Å². The molecule has 0 aromatic heterocycles. The summed E-state index contributed by atoms with van der Waals surface area (Å²) in [7, 11) is 0. The minimum atomic E-state index is -0.252. The second-order valence-corrected chi connectivity index (χ2v) is 4.06. The molecule has 1 N–H and O–H groups in total. The Kier molecular flexibility index (Phi) is 4.70. The van der Waals surface area contributed by atoms with E-state index < -0.39 is 0 Å². The van der Waals surface area contributed by atoms with Crippen LogP contribution in [0.15, 0.2) is 53.6 Å². The average molecular weight is 287 g/mol.